The van der Waals surface area contributed by atoms with E-state index >= 15 is 0 Å². The van der Waals surface area contributed by atoms with Crippen molar-refractivity contribution in [3.8, 4) is 0 Å². The average molecular weight is 382 g/mol. The van der Waals surface area contributed by atoms with Crippen molar-refractivity contribution in [3.63, 3.8) is 0 Å². The van der Waals surface area contributed by atoms with Crippen molar-refractivity contribution in [3.05, 3.63) is 0 Å². The molecular formula is C14H33Cl2NO6. The number of rotatable bonds is 14. The van der Waals surface area contributed by atoms with Gasteiger partial charge in [-0.25, -0.2) is 0 Å². The molecular weight excluding hydrogens is 349 g/mol. The molecule has 0 unspecified atom stereocenters. The van der Waals surface area contributed by atoms with Crippen LogP contribution in [-0.2, 0) is 18.9 Å². The monoisotopic (exact) mass is 381 g/mol. The predicted molar refractivity (Wildman–Crippen MR) is 93.4 cm³/mol. The molecule has 0 fully saturated rings. The predicted octanol–water partition coefficient (Wildman–Crippen LogP) is 0.814. The van der Waals surface area contributed by atoms with Crippen LogP contribution in [0.3, 0.4) is 0 Å². The molecule has 0 amide bonds. The van der Waals surface area contributed by atoms with Crippen molar-refractivity contribution in [2.75, 3.05) is 78.0 Å². The Morgan fingerprint density at radius 1 is 0.696 bits per heavy atom. The topological polar surface area (TPSA) is 103 Å². The number of alkyl halides is 2. The van der Waals surface area contributed by atoms with Crippen LogP contribution >= 0.6 is 23.2 Å². The minimum Gasteiger partial charge on any atom is -0.394 e. The van der Waals surface area contributed by atoms with Crippen LogP contribution in [0, 0.1) is 0 Å². The first-order chi connectivity index (χ1) is 11.2. The highest BCUT2D eigenvalue weighted by molar-refractivity contribution is 6.40. The lowest BCUT2D eigenvalue weighted by molar-refractivity contribution is 0.0333. The van der Waals surface area contributed by atoms with Gasteiger partial charge in [0.25, 0.3) is 0 Å². The van der Waals surface area contributed by atoms with E-state index in [4.69, 9.17) is 58.1 Å². The van der Waals surface area contributed by atoms with Crippen molar-refractivity contribution in [1.82, 2.24) is 0 Å². The van der Waals surface area contributed by atoms with Crippen LogP contribution in [0.4, 0.5) is 0 Å². The van der Waals surface area contributed by atoms with Gasteiger partial charge in [-0.15, -0.1) is 23.2 Å². The van der Waals surface area contributed by atoms with Crippen LogP contribution in [0.5, 0.6) is 0 Å². The molecule has 0 aromatic rings. The lowest BCUT2D eigenvalue weighted by Crippen LogP contribution is -2.12. The summed E-state index contributed by atoms with van der Waals surface area (Å²) in [7, 11) is 0. The molecule has 0 aromatic carbocycles. The summed E-state index contributed by atoms with van der Waals surface area (Å²) in [6.45, 7) is 7.22. The maximum Gasteiger partial charge on any atom is 0.0967 e. The van der Waals surface area contributed by atoms with Crippen molar-refractivity contribution in [2.45, 2.75) is 13.3 Å². The Hall–Kier alpha value is 0.300. The van der Waals surface area contributed by atoms with Gasteiger partial charge in [-0.2, -0.15) is 0 Å². The normalized spacial score (nSPS) is 9.65. The molecule has 23 heavy (non-hydrogen) atoms. The second-order valence-corrected chi connectivity index (χ2v) is 4.59. The molecule has 0 aliphatic carbocycles. The van der Waals surface area contributed by atoms with E-state index in [2.05, 4.69) is 6.92 Å². The molecule has 0 saturated heterocycles. The van der Waals surface area contributed by atoms with Gasteiger partial charge in [-0.3, -0.25) is 0 Å². The summed E-state index contributed by atoms with van der Waals surface area (Å²) < 4.78 is 20.0. The molecule has 0 aromatic heterocycles. The molecule has 144 valence electrons. The fourth-order valence-corrected chi connectivity index (χ4v) is 1.00. The fraction of sp³-hybridized carbons (Fsp3) is 1.00. The van der Waals surface area contributed by atoms with Gasteiger partial charge in [0, 0.05) is 13.2 Å². The van der Waals surface area contributed by atoms with E-state index in [1.54, 1.807) is 0 Å². The Kier molecular flexibility index (Phi) is 41.3. The van der Waals surface area contributed by atoms with Crippen molar-refractivity contribution in [2.24, 2.45) is 5.73 Å². The maximum absolute atomic E-state index is 8.30. The maximum atomic E-state index is 8.30. The minimum absolute atomic E-state index is 0.0664. The zero-order chi connectivity index (χ0) is 18.0. The lowest BCUT2D eigenvalue weighted by atomic mass is 10.5. The smallest absolute Gasteiger partial charge is 0.0967 e. The fourth-order valence-electron chi connectivity index (χ4n) is 1.00. The van der Waals surface area contributed by atoms with E-state index in [1.165, 1.54) is 0 Å². The number of nitrogens with two attached hydrogens (primary N) is 1. The summed E-state index contributed by atoms with van der Waals surface area (Å²) in [5, 5.41) is 16.8. The standard InChI is InChI=1S/C7H16O3.C6H15NO3.CH2Cl2/c1-2-4-9-6-7-10-5-3-8;7-1-3-9-5-6-10-4-2-8;2-1-3/h8H,2-7H2,1H3;8H,1-7H2;1H2. The Balaban J connectivity index is -0.000000297. The van der Waals surface area contributed by atoms with Crippen LogP contribution in [0.2, 0.25) is 0 Å². The van der Waals surface area contributed by atoms with Crippen molar-refractivity contribution >= 4 is 23.2 Å². The molecule has 0 rings (SSSR count). The first kappa shape index (κ1) is 28.1. The van der Waals surface area contributed by atoms with E-state index in [1.807, 2.05) is 0 Å². The number of aliphatic hydroxyl groups excluding tert-OH is 2. The molecule has 7 nitrogen and oxygen atoms in total. The molecule has 9 heteroatoms. The van der Waals surface area contributed by atoms with Crippen molar-refractivity contribution < 1.29 is 29.2 Å². The number of ether oxygens (including phenoxy) is 4. The summed E-state index contributed by atoms with van der Waals surface area (Å²) in [5.74, 6) is 0. The number of halogens is 2. The first-order valence-corrected chi connectivity index (χ1v) is 8.66. The zero-order valence-electron chi connectivity index (χ0n) is 14.1. The molecule has 4 N–H and O–H groups in total. The van der Waals surface area contributed by atoms with Gasteiger partial charge in [-0.1, -0.05) is 6.92 Å². The summed E-state index contributed by atoms with van der Waals surface area (Å²) >= 11 is 9.53. The zero-order valence-corrected chi connectivity index (χ0v) is 15.6. The van der Waals surface area contributed by atoms with Crippen LogP contribution in [0.25, 0.3) is 0 Å². The van der Waals surface area contributed by atoms with Gasteiger partial charge < -0.3 is 34.9 Å². The van der Waals surface area contributed by atoms with Crippen LogP contribution in [0.1, 0.15) is 13.3 Å². The first-order valence-electron chi connectivity index (χ1n) is 7.59. The molecule has 0 bridgehead atoms. The molecule has 0 aliphatic rings. The van der Waals surface area contributed by atoms with E-state index in [9.17, 15) is 0 Å². The third-order valence-electron chi connectivity index (χ3n) is 1.83. The number of hydrogen-bond donors (Lipinski definition) is 3. The highest BCUT2D eigenvalue weighted by Crippen LogP contribution is 1.81. The summed E-state index contributed by atoms with van der Waals surface area (Å²) in [6, 6.07) is 0. The van der Waals surface area contributed by atoms with Crippen LogP contribution in [0.15, 0.2) is 0 Å². The highest BCUT2D eigenvalue weighted by atomic mass is 35.5. The van der Waals surface area contributed by atoms with E-state index in [-0.39, 0.29) is 18.6 Å². The second-order valence-electron chi connectivity index (χ2n) is 3.79. The van der Waals surface area contributed by atoms with Gasteiger partial charge in [0.1, 0.15) is 0 Å². The number of hydrogen-bond acceptors (Lipinski definition) is 7. The SMILES string of the molecule is CCCOCCOCCO.ClCCl.NCCOCCOCCO. The van der Waals surface area contributed by atoms with Gasteiger partial charge in [0.15, 0.2) is 0 Å². The molecule has 0 heterocycles. The molecule has 0 spiro atoms. The third kappa shape index (κ3) is 44.9. The van der Waals surface area contributed by atoms with E-state index in [0.29, 0.717) is 52.8 Å². The van der Waals surface area contributed by atoms with Gasteiger partial charge >= 0.3 is 0 Å². The second kappa shape index (κ2) is 33.8. The minimum atomic E-state index is 0.0664. The molecule has 0 atom stereocenters. The Morgan fingerprint density at radius 2 is 1.04 bits per heavy atom. The van der Waals surface area contributed by atoms with Crippen molar-refractivity contribution in [1.29, 1.82) is 0 Å². The molecule has 0 saturated carbocycles. The lowest BCUT2D eigenvalue weighted by Gasteiger charge is -2.02. The molecule has 0 radical (unpaired) electrons. The highest BCUT2D eigenvalue weighted by Gasteiger charge is 1.87. The number of aliphatic hydroxyl groups is 2. The van der Waals surface area contributed by atoms with Crippen LogP contribution in [-0.4, -0.2) is 88.2 Å². The van der Waals surface area contributed by atoms with E-state index in [0.717, 1.165) is 13.0 Å². The Labute approximate surface area is 149 Å². The van der Waals surface area contributed by atoms with E-state index < -0.39 is 0 Å². The average Bonchev–Trinajstić information content (AvgIpc) is 2.56. The van der Waals surface area contributed by atoms with Gasteiger partial charge in [0.2, 0.25) is 0 Å². The quantitative estimate of drug-likeness (QED) is 0.302. The summed E-state index contributed by atoms with van der Waals surface area (Å²) in [4.78, 5) is 0. The van der Waals surface area contributed by atoms with Gasteiger partial charge in [-0.05, 0) is 6.42 Å². The third-order valence-corrected chi connectivity index (χ3v) is 1.83. The summed E-state index contributed by atoms with van der Waals surface area (Å²) in [5.41, 5.74) is 5.16. The Bertz CT molecular complexity index is 140. The van der Waals surface area contributed by atoms with Crippen LogP contribution < -0.4 is 5.73 Å². The summed E-state index contributed by atoms with van der Waals surface area (Å²) in [6.07, 6.45) is 1.04. The Morgan fingerprint density at radius 3 is 1.35 bits per heavy atom. The molecule has 0 aliphatic heterocycles. The van der Waals surface area contributed by atoms with Gasteiger partial charge in [0.05, 0.1) is 64.8 Å². The largest absolute Gasteiger partial charge is 0.394 e.